The molecule has 0 aromatic rings. The van der Waals surface area contributed by atoms with Crippen LogP contribution in [-0.2, 0) is 19.2 Å². The molecular formula is C18H30N6O4. The van der Waals surface area contributed by atoms with Crippen LogP contribution in [0.25, 0.3) is 0 Å². The zero-order chi connectivity index (χ0) is 22.7. The number of amides is 4. The topological polar surface area (TPSA) is 164 Å². The average molecular weight is 394 g/mol. The van der Waals surface area contributed by atoms with Gasteiger partial charge in [0, 0.05) is 25.2 Å². The Morgan fingerprint density at radius 2 is 0.893 bits per heavy atom. The predicted molar refractivity (Wildman–Crippen MR) is 102 cm³/mol. The van der Waals surface area contributed by atoms with Gasteiger partial charge in [-0.05, 0) is 41.5 Å². The fourth-order valence-electron chi connectivity index (χ4n) is 1.64. The first-order valence-corrected chi connectivity index (χ1v) is 8.50. The molecule has 0 rings (SSSR count). The Morgan fingerprint density at radius 1 is 0.643 bits per heavy atom. The van der Waals surface area contributed by atoms with Gasteiger partial charge < -0.3 is 21.3 Å². The Balaban J connectivity index is 0. The highest BCUT2D eigenvalue weighted by atomic mass is 16.2. The summed E-state index contributed by atoms with van der Waals surface area (Å²) >= 11 is 0. The molecule has 0 saturated carbocycles. The van der Waals surface area contributed by atoms with Crippen LogP contribution in [0.15, 0.2) is 0 Å². The fraction of sp³-hybridized carbons (Fsp3) is 0.667. The number of nitrogens with one attached hydrogen (secondary N) is 4. The van der Waals surface area contributed by atoms with Crippen LogP contribution in [0, 0.1) is 34.5 Å². The van der Waals surface area contributed by atoms with Gasteiger partial charge in [0.15, 0.2) is 0 Å². The molecule has 0 fully saturated rings. The van der Waals surface area contributed by atoms with E-state index in [0.717, 1.165) is 0 Å². The van der Waals surface area contributed by atoms with E-state index in [1.165, 1.54) is 14.1 Å². The van der Waals surface area contributed by atoms with Gasteiger partial charge in [-0.25, -0.2) is 0 Å². The van der Waals surface area contributed by atoms with E-state index in [9.17, 15) is 19.2 Å². The van der Waals surface area contributed by atoms with E-state index in [4.69, 9.17) is 10.5 Å². The van der Waals surface area contributed by atoms with Crippen molar-refractivity contribution in [3.8, 4) is 12.1 Å². The first kappa shape index (κ1) is 27.1. The van der Waals surface area contributed by atoms with Crippen molar-refractivity contribution in [1.82, 2.24) is 21.3 Å². The number of nitriles is 2. The number of nitrogens with zero attached hydrogens (tertiary/aromatic N) is 2. The normalized spacial score (nSPS) is 12.5. The second kappa shape index (κ2) is 11.5. The Morgan fingerprint density at radius 3 is 1.04 bits per heavy atom. The number of hydrogen-bond donors (Lipinski definition) is 4. The molecule has 156 valence electrons. The molecule has 4 amide bonds. The average Bonchev–Trinajstić information content (AvgIpc) is 2.52. The lowest BCUT2D eigenvalue weighted by molar-refractivity contribution is -0.135. The Kier molecular flexibility index (Phi) is 11.2. The van der Waals surface area contributed by atoms with Crippen LogP contribution < -0.4 is 21.3 Å². The molecule has 0 spiro atoms. The van der Waals surface area contributed by atoms with Crippen molar-refractivity contribution in [2.75, 3.05) is 14.1 Å². The van der Waals surface area contributed by atoms with Gasteiger partial charge in [0.1, 0.15) is 0 Å². The van der Waals surface area contributed by atoms with Gasteiger partial charge in [-0.2, -0.15) is 10.5 Å². The van der Waals surface area contributed by atoms with Gasteiger partial charge in [0.2, 0.25) is 35.5 Å². The third kappa shape index (κ3) is 11.5. The van der Waals surface area contributed by atoms with Gasteiger partial charge in [-0.3, -0.25) is 19.2 Å². The zero-order valence-electron chi connectivity index (χ0n) is 17.7. The van der Waals surface area contributed by atoms with Crippen molar-refractivity contribution in [3.05, 3.63) is 0 Å². The highest BCUT2D eigenvalue weighted by molar-refractivity contribution is 6.03. The Bertz CT molecular complexity index is 604. The van der Waals surface area contributed by atoms with Crippen LogP contribution in [0.2, 0.25) is 0 Å². The minimum atomic E-state index is -1.28. The summed E-state index contributed by atoms with van der Waals surface area (Å²) in [5, 5.41) is 26.9. The fourth-order valence-corrected chi connectivity index (χ4v) is 1.64. The van der Waals surface area contributed by atoms with Crippen LogP contribution in [0.1, 0.15) is 41.5 Å². The van der Waals surface area contributed by atoms with Crippen molar-refractivity contribution in [3.63, 3.8) is 0 Å². The quantitative estimate of drug-likeness (QED) is 0.473. The molecular weight excluding hydrogens is 364 g/mol. The summed E-state index contributed by atoms with van der Waals surface area (Å²) in [5.74, 6) is -4.87. The van der Waals surface area contributed by atoms with Crippen LogP contribution in [0.5, 0.6) is 0 Å². The van der Waals surface area contributed by atoms with Gasteiger partial charge in [-0.1, -0.05) is 0 Å². The van der Waals surface area contributed by atoms with Crippen LogP contribution >= 0.6 is 0 Å². The highest BCUT2D eigenvalue weighted by Crippen LogP contribution is 2.03. The molecule has 0 aromatic heterocycles. The van der Waals surface area contributed by atoms with E-state index in [1.807, 2.05) is 0 Å². The van der Waals surface area contributed by atoms with E-state index in [-0.39, 0.29) is 0 Å². The standard InChI is InChI=1S/2C9H15N3O2/c2*1-9(2,3)12-8(14)6(5-10)7(13)11-4/h2*6H,1-4H3,(H,11,13)(H,12,14)/t2*6-/m10/s1. The number of carbonyl (C=O) groups is 4. The van der Waals surface area contributed by atoms with E-state index in [2.05, 4.69) is 21.3 Å². The van der Waals surface area contributed by atoms with Crippen molar-refractivity contribution in [1.29, 1.82) is 10.5 Å². The van der Waals surface area contributed by atoms with Crippen molar-refractivity contribution in [2.24, 2.45) is 11.8 Å². The first-order valence-electron chi connectivity index (χ1n) is 8.50. The smallest absolute Gasteiger partial charge is 0.247 e. The summed E-state index contributed by atoms with van der Waals surface area (Å²) in [6, 6.07) is 3.30. The lowest BCUT2D eigenvalue weighted by atomic mass is 10.1. The summed E-state index contributed by atoms with van der Waals surface area (Å²) < 4.78 is 0. The zero-order valence-corrected chi connectivity index (χ0v) is 17.7. The largest absolute Gasteiger partial charge is 0.358 e. The summed E-state index contributed by atoms with van der Waals surface area (Å²) in [6.45, 7) is 10.7. The lowest BCUT2D eigenvalue weighted by Gasteiger charge is -2.21. The molecule has 0 radical (unpaired) electrons. The molecule has 10 heteroatoms. The van der Waals surface area contributed by atoms with Crippen molar-refractivity contribution in [2.45, 2.75) is 52.6 Å². The number of rotatable bonds is 4. The number of carbonyl (C=O) groups excluding carboxylic acids is 4. The van der Waals surface area contributed by atoms with Gasteiger partial charge in [0.25, 0.3) is 0 Å². The van der Waals surface area contributed by atoms with Crippen LogP contribution in [0.3, 0.4) is 0 Å². The van der Waals surface area contributed by atoms with Crippen molar-refractivity contribution >= 4 is 23.6 Å². The maximum absolute atomic E-state index is 11.4. The van der Waals surface area contributed by atoms with Crippen LogP contribution in [0.4, 0.5) is 0 Å². The number of hydrogen-bond acceptors (Lipinski definition) is 6. The SMILES string of the molecule is CNC(=O)[C@@H](C#N)C(=O)NC(C)(C)C.CNC(=O)[C@H](C#N)C(=O)NC(C)(C)C. The Hall–Kier alpha value is -3.14. The van der Waals surface area contributed by atoms with Crippen molar-refractivity contribution < 1.29 is 19.2 Å². The maximum Gasteiger partial charge on any atom is 0.247 e. The molecule has 4 N–H and O–H groups in total. The molecule has 0 bridgehead atoms. The van der Waals surface area contributed by atoms with Gasteiger partial charge in [0.05, 0.1) is 12.1 Å². The molecule has 0 aliphatic heterocycles. The maximum atomic E-state index is 11.4. The highest BCUT2D eigenvalue weighted by Gasteiger charge is 2.29. The van der Waals surface area contributed by atoms with E-state index in [0.29, 0.717) is 0 Å². The molecule has 0 aromatic carbocycles. The molecule has 0 heterocycles. The second-order valence-corrected chi connectivity index (χ2v) is 7.83. The lowest BCUT2D eigenvalue weighted by Crippen LogP contribution is -2.47. The third-order valence-electron chi connectivity index (χ3n) is 2.80. The first-order chi connectivity index (χ1) is 12.6. The predicted octanol–water partition coefficient (Wildman–Crippen LogP) is -0.426. The molecule has 28 heavy (non-hydrogen) atoms. The van der Waals surface area contributed by atoms with Gasteiger partial charge in [-0.15, -0.1) is 0 Å². The monoisotopic (exact) mass is 394 g/mol. The molecule has 10 nitrogen and oxygen atoms in total. The van der Waals surface area contributed by atoms with E-state index < -0.39 is 46.5 Å². The minimum Gasteiger partial charge on any atom is -0.358 e. The second-order valence-electron chi connectivity index (χ2n) is 7.83. The summed E-state index contributed by atoms with van der Waals surface area (Å²) in [6.07, 6.45) is 0. The van der Waals surface area contributed by atoms with Gasteiger partial charge >= 0.3 is 0 Å². The summed E-state index contributed by atoms with van der Waals surface area (Å²) in [5.41, 5.74) is -0.888. The molecule has 0 unspecified atom stereocenters. The molecule has 0 saturated heterocycles. The van der Waals surface area contributed by atoms with E-state index in [1.54, 1.807) is 53.7 Å². The molecule has 0 aliphatic rings. The summed E-state index contributed by atoms with van der Waals surface area (Å²) in [7, 11) is 2.77. The summed E-state index contributed by atoms with van der Waals surface area (Å²) in [4.78, 5) is 44.9. The van der Waals surface area contributed by atoms with Crippen LogP contribution in [-0.4, -0.2) is 48.8 Å². The molecule has 2 atom stereocenters. The van der Waals surface area contributed by atoms with E-state index >= 15 is 0 Å². The minimum absolute atomic E-state index is 0.444. The third-order valence-corrected chi connectivity index (χ3v) is 2.80. The Labute approximate surface area is 166 Å². The molecule has 0 aliphatic carbocycles.